The van der Waals surface area contributed by atoms with Crippen LogP contribution in [0.1, 0.15) is 31.6 Å². The average Bonchev–Trinajstić information content (AvgIpc) is 2.79. The maximum atomic E-state index is 12.3. The molecule has 1 aliphatic heterocycles. The molecule has 21 heavy (non-hydrogen) atoms. The summed E-state index contributed by atoms with van der Waals surface area (Å²) in [5.41, 5.74) is -0.417. The van der Waals surface area contributed by atoms with Gasteiger partial charge in [0.2, 0.25) is 5.91 Å². The van der Waals surface area contributed by atoms with E-state index in [-0.39, 0.29) is 5.91 Å². The minimum Gasteiger partial charge on any atom is -0.480 e. The summed E-state index contributed by atoms with van der Waals surface area (Å²) >= 11 is 7.21. The highest BCUT2D eigenvalue weighted by molar-refractivity contribution is 7.17. The molecule has 2 heterocycles. The van der Waals surface area contributed by atoms with Crippen LogP contribution < -0.4 is 0 Å². The van der Waals surface area contributed by atoms with Crippen molar-refractivity contribution in [2.75, 3.05) is 6.54 Å². The Hall–Kier alpha value is -1.33. The molecule has 0 aromatic carbocycles. The number of likely N-dealkylation sites (tertiary alicyclic amines) is 1. The van der Waals surface area contributed by atoms with Crippen molar-refractivity contribution < 1.29 is 14.7 Å². The van der Waals surface area contributed by atoms with Crippen LogP contribution in [0.4, 0.5) is 0 Å². The standard InChI is InChI=1S/C15H18ClNO3S/c1-15(2)8-3-9-17(13(15)14(19)20)12(18)7-5-10-4-6-11(16)21-10/h4-7,13H,3,8-9H2,1-2H3,(H,19,20)/b7-5+. The van der Waals surface area contributed by atoms with Crippen LogP contribution in [0.5, 0.6) is 0 Å². The molecule has 0 aliphatic carbocycles. The van der Waals surface area contributed by atoms with E-state index in [2.05, 4.69) is 0 Å². The zero-order chi connectivity index (χ0) is 15.6. The molecule has 4 nitrogen and oxygen atoms in total. The van der Waals surface area contributed by atoms with Crippen LogP contribution in [0.3, 0.4) is 0 Å². The smallest absolute Gasteiger partial charge is 0.326 e. The topological polar surface area (TPSA) is 57.6 Å². The monoisotopic (exact) mass is 327 g/mol. The Morgan fingerprint density at radius 1 is 1.48 bits per heavy atom. The van der Waals surface area contributed by atoms with Crippen LogP contribution in [0.25, 0.3) is 6.08 Å². The lowest BCUT2D eigenvalue weighted by molar-refractivity contribution is -0.156. The van der Waals surface area contributed by atoms with Gasteiger partial charge in [0.15, 0.2) is 0 Å². The van der Waals surface area contributed by atoms with Crippen LogP contribution in [0.15, 0.2) is 18.2 Å². The third-order valence-corrected chi connectivity index (χ3v) is 4.97. The molecule has 1 unspecified atom stereocenters. The summed E-state index contributed by atoms with van der Waals surface area (Å²) in [5.74, 6) is -1.21. The molecule has 6 heteroatoms. The number of carboxylic acids is 1. The van der Waals surface area contributed by atoms with Gasteiger partial charge in [-0.1, -0.05) is 25.4 Å². The summed E-state index contributed by atoms with van der Waals surface area (Å²) in [4.78, 5) is 26.2. The van der Waals surface area contributed by atoms with Gasteiger partial charge < -0.3 is 10.0 Å². The van der Waals surface area contributed by atoms with Gasteiger partial charge in [0.05, 0.1) is 4.34 Å². The fraction of sp³-hybridized carbons (Fsp3) is 0.467. The second kappa shape index (κ2) is 6.20. The quantitative estimate of drug-likeness (QED) is 0.864. The van der Waals surface area contributed by atoms with Gasteiger partial charge in [0.1, 0.15) is 6.04 Å². The number of carbonyl (C=O) groups excluding carboxylic acids is 1. The number of thiophene rings is 1. The Kier molecular flexibility index (Phi) is 4.74. The fourth-order valence-electron chi connectivity index (χ4n) is 2.76. The summed E-state index contributed by atoms with van der Waals surface area (Å²) in [6, 6.07) is 2.81. The summed E-state index contributed by atoms with van der Waals surface area (Å²) in [5, 5.41) is 9.45. The first-order chi connectivity index (χ1) is 9.81. The molecule has 1 aromatic heterocycles. The normalized spacial score (nSPS) is 21.7. The SMILES string of the molecule is CC1(C)CCCN(C(=O)/C=C/c2ccc(Cl)s2)C1C(=O)O. The first-order valence-corrected chi connectivity index (χ1v) is 7.97. The first-order valence-electron chi connectivity index (χ1n) is 6.78. The van der Waals surface area contributed by atoms with Crippen LogP contribution in [-0.4, -0.2) is 34.5 Å². The Morgan fingerprint density at radius 2 is 2.19 bits per heavy atom. The second-order valence-corrected chi connectivity index (χ2v) is 7.59. The van der Waals surface area contributed by atoms with Crippen molar-refractivity contribution in [3.63, 3.8) is 0 Å². The van der Waals surface area contributed by atoms with Gasteiger partial charge in [-0.05, 0) is 36.5 Å². The van der Waals surface area contributed by atoms with Crippen LogP contribution in [0, 0.1) is 5.41 Å². The Labute approximate surface area is 133 Å². The number of amides is 1. The Balaban J connectivity index is 2.16. The number of hydrogen-bond donors (Lipinski definition) is 1. The van der Waals surface area contributed by atoms with Crippen LogP contribution in [0.2, 0.25) is 4.34 Å². The summed E-state index contributed by atoms with van der Waals surface area (Å²) < 4.78 is 0.657. The largest absolute Gasteiger partial charge is 0.480 e. The van der Waals surface area contributed by atoms with Gasteiger partial charge in [0.25, 0.3) is 0 Å². The molecule has 0 spiro atoms. The van der Waals surface area contributed by atoms with E-state index in [1.807, 2.05) is 19.9 Å². The molecule has 2 rings (SSSR count). The molecule has 0 bridgehead atoms. The van der Waals surface area contributed by atoms with Crippen molar-refractivity contribution >= 4 is 40.9 Å². The highest BCUT2D eigenvalue weighted by Crippen LogP contribution is 2.35. The molecule has 0 radical (unpaired) electrons. The minimum atomic E-state index is -0.944. The molecule has 1 aromatic rings. The van der Waals surface area contributed by atoms with E-state index in [1.54, 1.807) is 12.1 Å². The lowest BCUT2D eigenvalue weighted by Crippen LogP contribution is -2.55. The number of carboxylic acid groups (broad SMARTS) is 1. The highest BCUT2D eigenvalue weighted by atomic mass is 35.5. The summed E-state index contributed by atoms with van der Waals surface area (Å²) in [6.07, 6.45) is 4.73. The van der Waals surface area contributed by atoms with Crippen molar-refractivity contribution in [3.8, 4) is 0 Å². The molecule has 1 amide bonds. The third kappa shape index (κ3) is 3.66. The van der Waals surface area contributed by atoms with E-state index in [0.29, 0.717) is 10.9 Å². The number of hydrogen-bond acceptors (Lipinski definition) is 3. The minimum absolute atomic E-state index is 0.264. The van der Waals surface area contributed by atoms with E-state index in [9.17, 15) is 14.7 Å². The maximum Gasteiger partial charge on any atom is 0.326 e. The Bertz CT molecular complexity index is 579. The maximum absolute atomic E-state index is 12.3. The predicted octanol–water partition coefficient (Wildman–Crippen LogP) is 3.52. The van der Waals surface area contributed by atoms with Crippen molar-refractivity contribution in [1.82, 2.24) is 4.90 Å². The molecule has 1 N–H and O–H groups in total. The number of piperidine rings is 1. The summed E-state index contributed by atoms with van der Waals surface area (Å²) in [6.45, 7) is 4.27. The van der Waals surface area contributed by atoms with Gasteiger partial charge in [-0.2, -0.15) is 0 Å². The number of halogens is 1. The Morgan fingerprint density at radius 3 is 2.76 bits per heavy atom. The number of carbonyl (C=O) groups is 2. The van der Waals surface area contributed by atoms with E-state index < -0.39 is 17.4 Å². The van der Waals surface area contributed by atoms with Gasteiger partial charge in [-0.15, -0.1) is 11.3 Å². The van der Waals surface area contributed by atoms with E-state index in [1.165, 1.54) is 22.3 Å². The molecule has 1 fully saturated rings. The lowest BCUT2D eigenvalue weighted by Gasteiger charge is -2.43. The van der Waals surface area contributed by atoms with Crippen molar-refractivity contribution in [3.05, 3.63) is 27.4 Å². The van der Waals surface area contributed by atoms with E-state index in [0.717, 1.165) is 17.7 Å². The van der Waals surface area contributed by atoms with Gasteiger partial charge >= 0.3 is 5.97 Å². The van der Waals surface area contributed by atoms with Crippen LogP contribution >= 0.6 is 22.9 Å². The number of nitrogens with zero attached hydrogens (tertiary/aromatic N) is 1. The zero-order valence-corrected chi connectivity index (χ0v) is 13.6. The molecule has 1 saturated heterocycles. The van der Waals surface area contributed by atoms with Crippen molar-refractivity contribution in [1.29, 1.82) is 0 Å². The van der Waals surface area contributed by atoms with E-state index in [4.69, 9.17) is 11.6 Å². The predicted molar refractivity (Wildman–Crippen MR) is 84.5 cm³/mol. The molecule has 114 valence electrons. The van der Waals surface area contributed by atoms with Gasteiger partial charge in [-0.3, -0.25) is 4.79 Å². The average molecular weight is 328 g/mol. The van der Waals surface area contributed by atoms with Gasteiger partial charge in [0, 0.05) is 17.5 Å². The van der Waals surface area contributed by atoms with Crippen LogP contribution in [-0.2, 0) is 9.59 Å². The number of rotatable bonds is 3. The van der Waals surface area contributed by atoms with E-state index >= 15 is 0 Å². The lowest BCUT2D eigenvalue weighted by atomic mass is 9.76. The number of aliphatic carboxylic acids is 1. The molecule has 1 atom stereocenters. The highest BCUT2D eigenvalue weighted by Gasteiger charge is 2.43. The second-order valence-electron chi connectivity index (χ2n) is 5.84. The summed E-state index contributed by atoms with van der Waals surface area (Å²) in [7, 11) is 0. The fourth-order valence-corrected chi connectivity index (χ4v) is 3.73. The molecule has 0 saturated carbocycles. The molecular weight excluding hydrogens is 310 g/mol. The van der Waals surface area contributed by atoms with Crippen molar-refractivity contribution in [2.45, 2.75) is 32.7 Å². The zero-order valence-electron chi connectivity index (χ0n) is 12.0. The third-order valence-electron chi connectivity index (χ3n) is 3.77. The van der Waals surface area contributed by atoms with Gasteiger partial charge in [-0.25, -0.2) is 4.79 Å². The molecule has 1 aliphatic rings. The molecular formula is C15H18ClNO3S. The first kappa shape index (κ1) is 16.0. The van der Waals surface area contributed by atoms with Crippen molar-refractivity contribution in [2.24, 2.45) is 5.41 Å².